The summed E-state index contributed by atoms with van der Waals surface area (Å²) in [4.78, 5) is 12.9. The number of hydrogen-bond donors (Lipinski definition) is 1. The van der Waals surface area contributed by atoms with Gasteiger partial charge in [0.1, 0.15) is 17.1 Å². The summed E-state index contributed by atoms with van der Waals surface area (Å²) in [5.41, 5.74) is 3.05. The predicted molar refractivity (Wildman–Crippen MR) is 107 cm³/mol. The fraction of sp³-hybridized carbons (Fsp3) is 0.435. The summed E-state index contributed by atoms with van der Waals surface area (Å²) in [6.45, 7) is 10.2. The first kappa shape index (κ1) is 19.3. The van der Waals surface area contributed by atoms with Crippen LogP contribution in [0, 0.1) is 13.8 Å². The average Bonchev–Trinajstić information content (AvgIpc) is 2.61. The van der Waals surface area contributed by atoms with E-state index in [1.165, 1.54) is 5.56 Å². The fourth-order valence-electron chi connectivity index (χ4n) is 3.47. The van der Waals surface area contributed by atoms with E-state index in [1.54, 1.807) is 0 Å². The van der Waals surface area contributed by atoms with E-state index in [4.69, 9.17) is 9.47 Å². The Morgan fingerprint density at radius 3 is 2.67 bits per heavy atom. The Labute approximate surface area is 161 Å². The molecule has 1 aliphatic heterocycles. The van der Waals surface area contributed by atoms with Crippen molar-refractivity contribution in [3.63, 3.8) is 0 Å². The van der Waals surface area contributed by atoms with E-state index in [1.807, 2.05) is 70.2 Å². The topological polar surface area (TPSA) is 47.6 Å². The molecule has 144 valence electrons. The number of nitrogens with one attached hydrogen (secondary N) is 1. The van der Waals surface area contributed by atoms with Gasteiger partial charge in [-0.2, -0.15) is 0 Å². The number of carbonyl (C=O) groups is 1. The normalized spacial score (nSPS) is 18.8. The lowest BCUT2D eigenvalue weighted by molar-refractivity contribution is -0.129. The molecule has 0 bridgehead atoms. The Kier molecular flexibility index (Phi) is 5.45. The first-order valence-electron chi connectivity index (χ1n) is 9.61. The third kappa shape index (κ3) is 4.44. The van der Waals surface area contributed by atoms with E-state index in [0.29, 0.717) is 6.42 Å². The lowest BCUT2D eigenvalue weighted by Crippen LogP contribution is -2.45. The van der Waals surface area contributed by atoms with Crippen LogP contribution in [0.15, 0.2) is 42.5 Å². The Morgan fingerprint density at radius 2 is 1.96 bits per heavy atom. The third-order valence-corrected chi connectivity index (χ3v) is 5.11. The molecule has 1 heterocycles. The molecule has 1 N–H and O–H groups in total. The summed E-state index contributed by atoms with van der Waals surface area (Å²) in [7, 11) is 0. The first-order valence-corrected chi connectivity index (χ1v) is 9.61. The van der Waals surface area contributed by atoms with Crippen LogP contribution in [-0.2, 0) is 4.79 Å². The lowest BCUT2D eigenvalue weighted by Gasteiger charge is -2.38. The highest BCUT2D eigenvalue weighted by Crippen LogP contribution is 2.39. The first-order chi connectivity index (χ1) is 12.8. The highest BCUT2D eigenvalue weighted by atomic mass is 16.5. The molecule has 1 amide bonds. The van der Waals surface area contributed by atoms with E-state index in [2.05, 4.69) is 12.2 Å². The summed E-state index contributed by atoms with van der Waals surface area (Å²) in [5, 5.41) is 3.18. The second-order valence-corrected chi connectivity index (χ2v) is 7.93. The van der Waals surface area contributed by atoms with Crippen LogP contribution >= 0.6 is 0 Å². The van der Waals surface area contributed by atoms with Crippen LogP contribution in [-0.4, -0.2) is 17.6 Å². The number of carbonyl (C=O) groups excluding carboxylic acids is 1. The van der Waals surface area contributed by atoms with E-state index in [-0.39, 0.29) is 17.6 Å². The molecule has 0 unspecified atom stereocenters. The fourth-order valence-corrected chi connectivity index (χ4v) is 3.47. The number of amides is 1. The average molecular weight is 367 g/mol. The second kappa shape index (κ2) is 7.63. The molecule has 2 aromatic rings. The molecular formula is C23H29NO3. The van der Waals surface area contributed by atoms with Crippen molar-refractivity contribution in [1.82, 2.24) is 5.32 Å². The van der Waals surface area contributed by atoms with Gasteiger partial charge in [-0.25, -0.2) is 0 Å². The molecule has 1 aliphatic rings. The van der Waals surface area contributed by atoms with Crippen molar-refractivity contribution in [3.8, 4) is 11.5 Å². The lowest BCUT2D eigenvalue weighted by atomic mass is 9.89. The SMILES string of the molecule is CC[C@H](Oc1ccc(C)c(C)c1)C(=O)N[C@H]1CC(C)(C)Oc2ccccc21. The molecule has 0 saturated carbocycles. The van der Waals surface area contributed by atoms with Gasteiger partial charge in [0, 0.05) is 12.0 Å². The number of aryl methyl sites for hydroxylation is 2. The summed E-state index contributed by atoms with van der Waals surface area (Å²) in [6, 6.07) is 13.7. The predicted octanol–water partition coefficient (Wildman–Crippen LogP) is 4.88. The van der Waals surface area contributed by atoms with Crippen LogP contribution in [0.25, 0.3) is 0 Å². The maximum Gasteiger partial charge on any atom is 0.261 e. The van der Waals surface area contributed by atoms with Crippen LogP contribution in [0.3, 0.4) is 0 Å². The van der Waals surface area contributed by atoms with Crippen LogP contribution in [0.2, 0.25) is 0 Å². The Bertz CT molecular complexity index is 828. The number of para-hydroxylation sites is 1. The zero-order valence-corrected chi connectivity index (χ0v) is 16.8. The van der Waals surface area contributed by atoms with Crippen molar-refractivity contribution in [2.45, 2.75) is 65.2 Å². The van der Waals surface area contributed by atoms with Crippen molar-refractivity contribution < 1.29 is 14.3 Å². The van der Waals surface area contributed by atoms with Crippen LogP contribution in [0.4, 0.5) is 0 Å². The van der Waals surface area contributed by atoms with Crippen molar-refractivity contribution in [2.75, 3.05) is 0 Å². The third-order valence-electron chi connectivity index (χ3n) is 5.11. The molecule has 27 heavy (non-hydrogen) atoms. The van der Waals surface area contributed by atoms with Gasteiger partial charge in [-0.1, -0.05) is 31.2 Å². The highest BCUT2D eigenvalue weighted by Gasteiger charge is 2.35. The number of rotatable bonds is 5. The maximum atomic E-state index is 12.9. The van der Waals surface area contributed by atoms with Gasteiger partial charge in [-0.15, -0.1) is 0 Å². The number of fused-ring (bicyclic) bond motifs is 1. The van der Waals surface area contributed by atoms with Gasteiger partial charge >= 0.3 is 0 Å². The molecule has 4 nitrogen and oxygen atoms in total. The smallest absolute Gasteiger partial charge is 0.261 e. The molecule has 3 rings (SSSR count). The summed E-state index contributed by atoms with van der Waals surface area (Å²) in [5.74, 6) is 1.48. The van der Waals surface area contributed by atoms with Crippen molar-refractivity contribution >= 4 is 5.91 Å². The monoisotopic (exact) mass is 367 g/mol. The number of benzene rings is 2. The summed E-state index contributed by atoms with van der Waals surface area (Å²) >= 11 is 0. The molecule has 2 atom stereocenters. The van der Waals surface area contributed by atoms with Gasteiger partial charge in [0.05, 0.1) is 6.04 Å². The minimum absolute atomic E-state index is 0.0881. The largest absolute Gasteiger partial charge is 0.487 e. The standard InChI is InChI=1S/C23H29NO3/c1-6-20(26-17-12-11-15(2)16(3)13-17)22(25)24-19-14-23(4,5)27-21-10-8-7-9-18(19)21/h7-13,19-20H,6,14H2,1-5H3,(H,24,25)/t19-,20-/m0/s1. The van der Waals surface area contributed by atoms with Crippen molar-refractivity contribution in [2.24, 2.45) is 0 Å². The van der Waals surface area contributed by atoms with Crippen molar-refractivity contribution in [3.05, 3.63) is 59.2 Å². The Morgan fingerprint density at radius 1 is 1.22 bits per heavy atom. The van der Waals surface area contributed by atoms with Crippen LogP contribution in [0.1, 0.15) is 56.3 Å². The maximum absolute atomic E-state index is 12.9. The highest BCUT2D eigenvalue weighted by molar-refractivity contribution is 5.81. The molecule has 0 saturated heterocycles. The van der Waals surface area contributed by atoms with Gasteiger partial charge in [0.15, 0.2) is 6.10 Å². The quantitative estimate of drug-likeness (QED) is 0.819. The molecule has 2 aromatic carbocycles. The molecule has 4 heteroatoms. The van der Waals surface area contributed by atoms with Gasteiger partial charge in [0.25, 0.3) is 5.91 Å². The molecule has 0 radical (unpaired) electrons. The van der Waals surface area contributed by atoms with Crippen LogP contribution in [0.5, 0.6) is 11.5 Å². The van der Waals surface area contributed by atoms with E-state index in [0.717, 1.165) is 29.0 Å². The van der Waals surface area contributed by atoms with Crippen molar-refractivity contribution in [1.29, 1.82) is 0 Å². The van der Waals surface area contributed by atoms with E-state index < -0.39 is 6.10 Å². The van der Waals surface area contributed by atoms with Gasteiger partial charge < -0.3 is 14.8 Å². The van der Waals surface area contributed by atoms with Gasteiger partial charge in [-0.05, 0) is 63.4 Å². The Hall–Kier alpha value is -2.49. The summed E-state index contributed by atoms with van der Waals surface area (Å²) < 4.78 is 12.1. The molecular weight excluding hydrogens is 338 g/mol. The minimum Gasteiger partial charge on any atom is -0.487 e. The molecule has 0 fully saturated rings. The number of hydrogen-bond acceptors (Lipinski definition) is 3. The Balaban J connectivity index is 1.75. The minimum atomic E-state index is -0.523. The summed E-state index contributed by atoms with van der Waals surface area (Å²) in [6.07, 6.45) is 0.799. The van der Waals surface area contributed by atoms with E-state index in [9.17, 15) is 4.79 Å². The zero-order valence-electron chi connectivity index (χ0n) is 16.8. The molecule has 0 spiro atoms. The van der Waals surface area contributed by atoms with E-state index >= 15 is 0 Å². The second-order valence-electron chi connectivity index (χ2n) is 7.93. The zero-order chi connectivity index (χ0) is 19.6. The molecule has 0 aromatic heterocycles. The van der Waals surface area contributed by atoms with Crippen LogP contribution < -0.4 is 14.8 Å². The molecule has 0 aliphatic carbocycles. The van der Waals surface area contributed by atoms with Gasteiger partial charge in [-0.3, -0.25) is 4.79 Å². The van der Waals surface area contributed by atoms with Gasteiger partial charge in [0.2, 0.25) is 0 Å². The number of ether oxygens (including phenoxy) is 2.